The molecule has 1 aromatic carbocycles. The van der Waals surface area contributed by atoms with Crippen molar-refractivity contribution in [2.45, 2.75) is 25.8 Å². The first-order valence-electron chi connectivity index (χ1n) is 7.03. The van der Waals surface area contributed by atoms with E-state index >= 15 is 0 Å². The molecule has 0 bridgehead atoms. The van der Waals surface area contributed by atoms with Crippen LogP contribution in [0.4, 0.5) is 0 Å². The largest absolute Gasteiger partial charge is 0.441 e. The third kappa shape index (κ3) is 2.51. The predicted molar refractivity (Wildman–Crippen MR) is 76.1 cm³/mol. The second-order valence-corrected chi connectivity index (χ2v) is 5.31. The van der Waals surface area contributed by atoms with Crippen LogP contribution in [-0.4, -0.2) is 25.1 Å². The fourth-order valence-electron chi connectivity index (χ4n) is 3.11. The Kier molecular flexibility index (Phi) is 3.53. The topological polar surface area (TPSA) is 50.1 Å². The molecule has 2 N–H and O–H groups in total. The summed E-state index contributed by atoms with van der Waals surface area (Å²) in [6.45, 7) is 4.13. The van der Waals surface area contributed by atoms with Gasteiger partial charge in [-0.25, -0.2) is 4.98 Å². The van der Waals surface area contributed by atoms with Crippen molar-refractivity contribution in [3.63, 3.8) is 0 Å². The molecule has 102 valence electrons. The van der Waals surface area contributed by atoms with Crippen molar-refractivity contribution in [1.29, 1.82) is 0 Å². The number of nitrogens with zero attached hydrogens (tertiary/aromatic N) is 1. The minimum absolute atomic E-state index is 0.406. The molecule has 0 spiro atoms. The van der Waals surface area contributed by atoms with E-state index in [0.29, 0.717) is 12.0 Å². The summed E-state index contributed by atoms with van der Waals surface area (Å²) < 4.78 is 5.54. The molecule has 4 nitrogen and oxygen atoms in total. The van der Waals surface area contributed by atoms with Gasteiger partial charge in [-0.2, -0.15) is 0 Å². The maximum absolute atomic E-state index is 5.54. The van der Waals surface area contributed by atoms with E-state index in [1.54, 1.807) is 0 Å². The minimum atomic E-state index is 0.406. The normalized spacial score (nSPS) is 18.8. The van der Waals surface area contributed by atoms with Crippen LogP contribution in [0.3, 0.4) is 0 Å². The number of nitrogens with one attached hydrogen (secondary N) is 2. The van der Waals surface area contributed by atoms with E-state index in [2.05, 4.69) is 27.8 Å². The summed E-state index contributed by atoms with van der Waals surface area (Å²) in [7, 11) is 2.05. The molecule has 0 amide bonds. The van der Waals surface area contributed by atoms with Gasteiger partial charge in [-0.3, -0.25) is 0 Å². The van der Waals surface area contributed by atoms with Gasteiger partial charge in [-0.1, -0.05) is 6.07 Å². The van der Waals surface area contributed by atoms with E-state index in [1.807, 2.05) is 20.0 Å². The summed E-state index contributed by atoms with van der Waals surface area (Å²) in [4.78, 5) is 4.43. The lowest BCUT2D eigenvalue weighted by Crippen LogP contribution is -2.35. The molecule has 1 fully saturated rings. The van der Waals surface area contributed by atoms with Gasteiger partial charge in [0, 0.05) is 13.0 Å². The van der Waals surface area contributed by atoms with Crippen molar-refractivity contribution in [3.05, 3.63) is 29.7 Å². The zero-order chi connectivity index (χ0) is 13.2. The fraction of sp³-hybridized carbons (Fsp3) is 0.533. The monoisotopic (exact) mass is 259 g/mol. The second-order valence-electron chi connectivity index (χ2n) is 5.31. The fourth-order valence-corrected chi connectivity index (χ4v) is 3.11. The van der Waals surface area contributed by atoms with Gasteiger partial charge in [-0.15, -0.1) is 0 Å². The van der Waals surface area contributed by atoms with Crippen molar-refractivity contribution in [3.8, 4) is 0 Å². The lowest BCUT2D eigenvalue weighted by Gasteiger charge is -2.30. The molecule has 1 unspecified atom stereocenters. The quantitative estimate of drug-likeness (QED) is 0.888. The number of fused-ring (bicyclic) bond motifs is 1. The van der Waals surface area contributed by atoms with E-state index in [9.17, 15) is 0 Å². The lowest BCUT2D eigenvalue weighted by atomic mass is 9.86. The highest BCUT2D eigenvalue weighted by Gasteiger charge is 2.24. The molecule has 0 radical (unpaired) electrons. The highest BCUT2D eigenvalue weighted by molar-refractivity contribution is 5.73. The molecule has 1 aliphatic rings. The number of rotatable bonds is 3. The van der Waals surface area contributed by atoms with Crippen LogP contribution in [0, 0.1) is 12.8 Å². The summed E-state index contributed by atoms with van der Waals surface area (Å²) in [5, 5.41) is 6.90. The molecular formula is C15H21N3O. The standard InChI is InChI=1S/C15H21N3O/c1-10-18-13-9-12(3-4-14(13)19-10)15(16-2)11-5-7-17-8-6-11/h3-4,9,11,15-17H,5-8H2,1-2H3. The minimum Gasteiger partial charge on any atom is -0.441 e. The number of aryl methyl sites for hydroxylation is 1. The van der Waals surface area contributed by atoms with Gasteiger partial charge in [0.2, 0.25) is 0 Å². The molecule has 1 aliphatic heterocycles. The van der Waals surface area contributed by atoms with Gasteiger partial charge in [-0.05, 0) is 56.6 Å². The highest BCUT2D eigenvalue weighted by atomic mass is 16.3. The summed E-state index contributed by atoms with van der Waals surface area (Å²) >= 11 is 0. The van der Waals surface area contributed by atoms with Crippen LogP contribution in [0.5, 0.6) is 0 Å². The molecule has 4 heteroatoms. The maximum Gasteiger partial charge on any atom is 0.192 e. The van der Waals surface area contributed by atoms with E-state index in [0.717, 1.165) is 30.1 Å². The number of aromatic nitrogens is 1. The van der Waals surface area contributed by atoms with Gasteiger partial charge in [0.15, 0.2) is 11.5 Å². The lowest BCUT2D eigenvalue weighted by molar-refractivity contribution is 0.294. The molecule has 0 aliphatic carbocycles. The summed E-state index contributed by atoms with van der Waals surface area (Å²) in [6.07, 6.45) is 2.45. The van der Waals surface area contributed by atoms with Crippen LogP contribution in [0.15, 0.2) is 22.6 Å². The van der Waals surface area contributed by atoms with Crippen molar-refractivity contribution < 1.29 is 4.42 Å². The average molecular weight is 259 g/mol. The van der Waals surface area contributed by atoms with Crippen LogP contribution in [-0.2, 0) is 0 Å². The van der Waals surface area contributed by atoms with Gasteiger partial charge >= 0.3 is 0 Å². The molecule has 2 heterocycles. The Hall–Kier alpha value is -1.39. The zero-order valence-corrected chi connectivity index (χ0v) is 11.6. The third-order valence-electron chi connectivity index (χ3n) is 4.04. The number of hydrogen-bond donors (Lipinski definition) is 2. The van der Waals surface area contributed by atoms with Crippen molar-refractivity contribution in [2.24, 2.45) is 5.92 Å². The summed E-state index contributed by atoms with van der Waals surface area (Å²) in [5.74, 6) is 1.42. The summed E-state index contributed by atoms with van der Waals surface area (Å²) in [6, 6.07) is 6.77. The van der Waals surface area contributed by atoms with Crippen LogP contribution in [0.2, 0.25) is 0 Å². The number of piperidine rings is 1. The van der Waals surface area contributed by atoms with Gasteiger partial charge < -0.3 is 15.1 Å². The molecular weight excluding hydrogens is 238 g/mol. The SMILES string of the molecule is CNC(c1ccc2oc(C)nc2c1)C1CCNCC1. The van der Waals surface area contributed by atoms with Gasteiger partial charge in [0.25, 0.3) is 0 Å². The third-order valence-corrected chi connectivity index (χ3v) is 4.04. The first-order valence-corrected chi connectivity index (χ1v) is 7.03. The van der Waals surface area contributed by atoms with Crippen LogP contribution in [0.1, 0.15) is 30.3 Å². The van der Waals surface area contributed by atoms with E-state index < -0.39 is 0 Å². The van der Waals surface area contributed by atoms with Crippen LogP contribution >= 0.6 is 0 Å². The van der Waals surface area contributed by atoms with E-state index in [-0.39, 0.29) is 0 Å². The van der Waals surface area contributed by atoms with Crippen LogP contribution in [0.25, 0.3) is 11.1 Å². The number of benzene rings is 1. The first kappa shape index (κ1) is 12.6. The Balaban J connectivity index is 1.91. The number of hydrogen-bond acceptors (Lipinski definition) is 4. The van der Waals surface area contributed by atoms with E-state index in [1.165, 1.54) is 18.4 Å². The Morgan fingerprint density at radius 2 is 2.16 bits per heavy atom. The average Bonchev–Trinajstić information content (AvgIpc) is 2.80. The Bertz CT molecular complexity index is 558. The zero-order valence-electron chi connectivity index (χ0n) is 11.6. The van der Waals surface area contributed by atoms with E-state index in [4.69, 9.17) is 4.42 Å². The molecule has 1 saturated heterocycles. The number of oxazole rings is 1. The Morgan fingerprint density at radius 1 is 1.37 bits per heavy atom. The predicted octanol–water partition coefficient (Wildman–Crippen LogP) is 2.40. The van der Waals surface area contributed by atoms with Crippen molar-refractivity contribution >= 4 is 11.1 Å². The van der Waals surface area contributed by atoms with Crippen molar-refractivity contribution in [1.82, 2.24) is 15.6 Å². The Labute approximate surface area is 113 Å². The molecule has 19 heavy (non-hydrogen) atoms. The molecule has 1 aromatic heterocycles. The molecule has 3 rings (SSSR count). The second kappa shape index (κ2) is 5.31. The molecule has 2 aromatic rings. The maximum atomic E-state index is 5.54. The first-order chi connectivity index (χ1) is 9.28. The smallest absolute Gasteiger partial charge is 0.192 e. The summed E-state index contributed by atoms with van der Waals surface area (Å²) in [5.41, 5.74) is 3.15. The molecule has 0 saturated carbocycles. The van der Waals surface area contributed by atoms with Crippen molar-refractivity contribution in [2.75, 3.05) is 20.1 Å². The molecule has 1 atom stereocenters. The van der Waals surface area contributed by atoms with Crippen LogP contribution < -0.4 is 10.6 Å². The Morgan fingerprint density at radius 3 is 2.89 bits per heavy atom. The van der Waals surface area contributed by atoms with Gasteiger partial charge in [0.1, 0.15) is 5.52 Å². The highest BCUT2D eigenvalue weighted by Crippen LogP contribution is 2.30. The van der Waals surface area contributed by atoms with Gasteiger partial charge in [0.05, 0.1) is 0 Å².